The first-order valence-corrected chi connectivity index (χ1v) is 9.13. The second-order valence-electron chi connectivity index (χ2n) is 6.61. The van der Waals surface area contributed by atoms with Crippen LogP contribution in [0.2, 0.25) is 0 Å². The Morgan fingerprint density at radius 3 is 2.62 bits per heavy atom. The molecule has 0 spiro atoms. The molecule has 0 saturated carbocycles. The largest absolute Gasteiger partial charge is 0.367 e. The topological polar surface area (TPSA) is 83.0 Å². The van der Waals surface area contributed by atoms with Crippen molar-refractivity contribution in [2.45, 2.75) is 39.7 Å². The lowest BCUT2D eigenvalue weighted by Gasteiger charge is -2.33. The van der Waals surface area contributed by atoms with E-state index >= 15 is 0 Å². The number of nitrogens with zero attached hydrogens (tertiary/aromatic N) is 4. The minimum absolute atomic E-state index is 0.0877. The molecule has 7 nitrogen and oxygen atoms in total. The molecule has 0 bridgehead atoms. The number of pyridine rings is 1. The fourth-order valence-corrected chi connectivity index (χ4v) is 3.20. The predicted octanol–water partition coefficient (Wildman–Crippen LogP) is 2.32. The number of anilines is 2. The highest BCUT2D eigenvalue weighted by Crippen LogP contribution is 2.20. The van der Waals surface area contributed by atoms with Gasteiger partial charge in [0, 0.05) is 43.6 Å². The average molecular weight is 354 g/mol. The summed E-state index contributed by atoms with van der Waals surface area (Å²) in [7, 11) is 0. The standard InChI is InChI=1S/C19H26N6O/c1-4-20-19(26)15-5-6-17(21-12-15)24-16-7-9-25(10-8-16)18-11-13(2)22-14(3)23-18/h5-6,11-12,16H,4,7-10H2,1-3H3,(H,20,26)(H,21,24). The highest BCUT2D eigenvalue weighted by molar-refractivity contribution is 5.93. The van der Waals surface area contributed by atoms with Crippen LogP contribution in [0.25, 0.3) is 0 Å². The molecule has 0 unspecified atom stereocenters. The molecule has 2 N–H and O–H groups in total. The number of nitrogens with one attached hydrogen (secondary N) is 2. The average Bonchev–Trinajstić information content (AvgIpc) is 2.62. The van der Waals surface area contributed by atoms with Crippen LogP contribution in [0.5, 0.6) is 0 Å². The van der Waals surface area contributed by atoms with E-state index in [-0.39, 0.29) is 5.91 Å². The van der Waals surface area contributed by atoms with Gasteiger partial charge in [0.25, 0.3) is 5.91 Å². The van der Waals surface area contributed by atoms with Gasteiger partial charge >= 0.3 is 0 Å². The Kier molecular flexibility index (Phi) is 5.65. The molecule has 138 valence electrons. The molecule has 0 radical (unpaired) electrons. The zero-order chi connectivity index (χ0) is 18.5. The Morgan fingerprint density at radius 1 is 1.23 bits per heavy atom. The van der Waals surface area contributed by atoms with Crippen LogP contribution in [0, 0.1) is 13.8 Å². The van der Waals surface area contributed by atoms with Gasteiger partial charge in [0.15, 0.2) is 0 Å². The molecule has 0 atom stereocenters. The Balaban J connectivity index is 1.54. The Hall–Kier alpha value is -2.70. The van der Waals surface area contributed by atoms with Gasteiger partial charge in [0.2, 0.25) is 0 Å². The molecule has 26 heavy (non-hydrogen) atoms. The Morgan fingerprint density at radius 2 is 2.00 bits per heavy atom. The number of rotatable bonds is 5. The maximum absolute atomic E-state index is 11.8. The fourth-order valence-electron chi connectivity index (χ4n) is 3.20. The molecule has 1 amide bonds. The molecular formula is C19H26N6O. The van der Waals surface area contributed by atoms with Crippen molar-refractivity contribution in [3.8, 4) is 0 Å². The lowest BCUT2D eigenvalue weighted by molar-refractivity contribution is 0.0955. The Labute approximate surface area is 154 Å². The second kappa shape index (κ2) is 8.12. The van der Waals surface area contributed by atoms with Crippen LogP contribution in [0.3, 0.4) is 0 Å². The van der Waals surface area contributed by atoms with E-state index in [1.807, 2.05) is 39.0 Å². The molecule has 2 aromatic rings. The third kappa shape index (κ3) is 4.47. The lowest BCUT2D eigenvalue weighted by atomic mass is 10.0. The van der Waals surface area contributed by atoms with Crippen LogP contribution in [-0.2, 0) is 0 Å². The minimum Gasteiger partial charge on any atom is -0.367 e. The van der Waals surface area contributed by atoms with Gasteiger partial charge in [-0.05, 0) is 45.7 Å². The van der Waals surface area contributed by atoms with Crippen LogP contribution < -0.4 is 15.5 Å². The number of carbonyl (C=O) groups excluding carboxylic acids is 1. The minimum atomic E-state index is -0.0877. The summed E-state index contributed by atoms with van der Waals surface area (Å²) in [4.78, 5) is 27.4. The molecule has 3 rings (SSSR count). The van der Waals surface area contributed by atoms with Crippen molar-refractivity contribution in [1.29, 1.82) is 0 Å². The fraction of sp³-hybridized carbons (Fsp3) is 0.474. The summed E-state index contributed by atoms with van der Waals surface area (Å²) in [6.45, 7) is 8.35. The van der Waals surface area contributed by atoms with Crippen molar-refractivity contribution in [3.63, 3.8) is 0 Å². The van der Waals surface area contributed by atoms with Crippen molar-refractivity contribution in [3.05, 3.63) is 41.5 Å². The summed E-state index contributed by atoms with van der Waals surface area (Å²) in [5.41, 5.74) is 1.59. The van der Waals surface area contributed by atoms with E-state index in [0.29, 0.717) is 18.2 Å². The quantitative estimate of drug-likeness (QED) is 0.857. The van der Waals surface area contributed by atoms with E-state index in [1.54, 1.807) is 6.20 Å². The molecule has 0 aliphatic carbocycles. The van der Waals surface area contributed by atoms with Gasteiger partial charge < -0.3 is 15.5 Å². The van der Waals surface area contributed by atoms with Gasteiger partial charge in [0.1, 0.15) is 17.5 Å². The van der Waals surface area contributed by atoms with E-state index in [0.717, 1.165) is 49.1 Å². The van der Waals surface area contributed by atoms with Gasteiger partial charge in [-0.1, -0.05) is 0 Å². The van der Waals surface area contributed by atoms with Crippen LogP contribution in [-0.4, -0.2) is 46.5 Å². The highest BCUT2D eigenvalue weighted by Gasteiger charge is 2.21. The smallest absolute Gasteiger partial charge is 0.252 e. The summed E-state index contributed by atoms with van der Waals surface area (Å²) < 4.78 is 0. The first kappa shape index (κ1) is 18.1. The number of hydrogen-bond acceptors (Lipinski definition) is 6. The van der Waals surface area contributed by atoms with E-state index in [1.165, 1.54) is 0 Å². The summed E-state index contributed by atoms with van der Waals surface area (Å²) in [5, 5.41) is 6.25. The number of amides is 1. The highest BCUT2D eigenvalue weighted by atomic mass is 16.1. The number of piperidine rings is 1. The SMILES string of the molecule is CCNC(=O)c1ccc(NC2CCN(c3cc(C)nc(C)n3)CC2)nc1. The van der Waals surface area contributed by atoms with E-state index < -0.39 is 0 Å². The van der Waals surface area contributed by atoms with Crippen LogP contribution in [0.4, 0.5) is 11.6 Å². The van der Waals surface area contributed by atoms with Crippen LogP contribution >= 0.6 is 0 Å². The van der Waals surface area contributed by atoms with Gasteiger partial charge in [-0.2, -0.15) is 0 Å². The number of aryl methyl sites for hydroxylation is 2. The van der Waals surface area contributed by atoms with Gasteiger partial charge in [0.05, 0.1) is 5.56 Å². The first-order valence-electron chi connectivity index (χ1n) is 9.13. The van der Waals surface area contributed by atoms with E-state index in [9.17, 15) is 4.79 Å². The van der Waals surface area contributed by atoms with Crippen molar-refractivity contribution in [2.24, 2.45) is 0 Å². The number of carbonyl (C=O) groups is 1. The predicted molar refractivity (Wildman–Crippen MR) is 103 cm³/mol. The summed E-state index contributed by atoms with van der Waals surface area (Å²) in [5.74, 6) is 2.55. The van der Waals surface area contributed by atoms with E-state index in [2.05, 4.69) is 30.5 Å². The third-order valence-corrected chi connectivity index (χ3v) is 4.49. The van der Waals surface area contributed by atoms with Crippen LogP contribution in [0.15, 0.2) is 24.4 Å². The van der Waals surface area contributed by atoms with Gasteiger partial charge in [-0.15, -0.1) is 0 Å². The molecule has 1 saturated heterocycles. The third-order valence-electron chi connectivity index (χ3n) is 4.49. The second-order valence-corrected chi connectivity index (χ2v) is 6.61. The van der Waals surface area contributed by atoms with Crippen molar-refractivity contribution in [1.82, 2.24) is 20.3 Å². The first-order chi connectivity index (χ1) is 12.5. The van der Waals surface area contributed by atoms with Crippen molar-refractivity contribution in [2.75, 3.05) is 29.9 Å². The van der Waals surface area contributed by atoms with Crippen molar-refractivity contribution >= 4 is 17.5 Å². The molecular weight excluding hydrogens is 328 g/mol. The molecule has 1 fully saturated rings. The zero-order valence-electron chi connectivity index (χ0n) is 15.6. The zero-order valence-corrected chi connectivity index (χ0v) is 15.6. The molecule has 2 aromatic heterocycles. The van der Waals surface area contributed by atoms with Gasteiger partial charge in [-0.25, -0.2) is 15.0 Å². The van der Waals surface area contributed by atoms with Gasteiger partial charge in [-0.3, -0.25) is 4.79 Å². The number of aromatic nitrogens is 3. The summed E-state index contributed by atoms with van der Waals surface area (Å²) in [6.07, 6.45) is 3.65. The maximum Gasteiger partial charge on any atom is 0.252 e. The molecule has 1 aliphatic rings. The summed E-state index contributed by atoms with van der Waals surface area (Å²) >= 11 is 0. The molecule has 0 aromatic carbocycles. The summed E-state index contributed by atoms with van der Waals surface area (Å²) in [6, 6.07) is 6.09. The maximum atomic E-state index is 11.8. The Bertz CT molecular complexity index is 733. The van der Waals surface area contributed by atoms with Crippen LogP contribution in [0.1, 0.15) is 41.6 Å². The molecule has 1 aliphatic heterocycles. The number of hydrogen-bond donors (Lipinski definition) is 2. The lowest BCUT2D eigenvalue weighted by Crippen LogP contribution is -2.39. The molecule has 3 heterocycles. The molecule has 7 heteroatoms. The van der Waals surface area contributed by atoms with Crippen molar-refractivity contribution < 1.29 is 4.79 Å². The monoisotopic (exact) mass is 354 g/mol. The normalized spacial score (nSPS) is 15.0. The van der Waals surface area contributed by atoms with E-state index in [4.69, 9.17) is 0 Å².